The summed E-state index contributed by atoms with van der Waals surface area (Å²) in [4.78, 5) is 26.3. The van der Waals surface area contributed by atoms with E-state index in [-0.39, 0.29) is 47.1 Å². The lowest BCUT2D eigenvalue weighted by atomic mass is 10.1. The Kier molecular flexibility index (Phi) is 7.51. The molecule has 2 heterocycles. The first kappa shape index (κ1) is 25.8. The fourth-order valence-electron chi connectivity index (χ4n) is 4.21. The van der Waals surface area contributed by atoms with Crippen LogP contribution in [0.3, 0.4) is 0 Å². The summed E-state index contributed by atoms with van der Waals surface area (Å²) in [6, 6.07) is 8.95. The number of likely N-dealkylation sites (tertiary alicyclic amines) is 1. The summed E-state index contributed by atoms with van der Waals surface area (Å²) in [7, 11) is 0. The number of rotatable bonds is 7. The lowest BCUT2D eigenvalue weighted by Crippen LogP contribution is -2.40. The van der Waals surface area contributed by atoms with E-state index in [1.165, 1.54) is 42.0 Å². The summed E-state index contributed by atoms with van der Waals surface area (Å²) in [5, 5.41) is 4.56. The van der Waals surface area contributed by atoms with Crippen molar-refractivity contribution in [2.75, 3.05) is 18.8 Å². The van der Waals surface area contributed by atoms with Gasteiger partial charge in [0, 0.05) is 30.8 Å². The number of amides is 2. The van der Waals surface area contributed by atoms with Crippen LogP contribution in [0.2, 0.25) is 0 Å². The first-order valence-electron chi connectivity index (χ1n) is 11.7. The van der Waals surface area contributed by atoms with E-state index in [1.807, 2.05) is 0 Å². The van der Waals surface area contributed by atoms with Crippen molar-refractivity contribution >= 4 is 17.6 Å². The number of halogens is 3. The number of ether oxygens (including phenoxy) is 1. The maximum Gasteiger partial charge on any atom is 0.254 e. The average Bonchev–Trinajstić information content (AvgIpc) is 3.22. The third-order valence-electron chi connectivity index (χ3n) is 6.00. The predicted molar refractivity (Wildman–Crippen MR) is 132 cm³/mol. The second kappa shape index (κ2) is 10.8. The molecule has 37 heavy (non-hydrogen) atoms. The Balaban J connectivity index is 1.59. The van der Waals surface area contributed by atoms with Gasteiger partial charge in [-0.1, -0.05) is 0 Å². The molecule has 1 aromatic heterocycles. The minimum absolute atomic E-state index is 0.0350. The molecule has 0 spiro atoms. The van der Waals surface area contributed by atoms with Gasteiger partial charge in [-0.05, 0) is 62.2 Å². The van der Waals surface area contributed by atoms with Gasteiger partial charge in [-0.3, -0.25) is 9.59 Å². The molecule has 1 aliphatic rings. The molecule has 1 aliphatic heterocycles. The molecule has 0 radical (unpaired) electrons. The van der Waals surface area contributed by atoms with E-state index >= 15 is 0 Å². The van der Waals surface area contributed by atoms with Gasteiger partial charge in [0.2, 0.25) is 5.91 Å². The van der Waals surface area contributed by atoms with Crippen LogP contribution in [0.15, 0.2) is 54.6 Å². The number of aromatic nitrogens is 2. The molecule has 1 saturated heterocycles. The molecule has 2 amide bonds. The van der Waals surface area contributed by atoms with Gasteiger partial charge in [-0.15, -0.1) is 0 Å². The van der Waals surface area contributed by atoms with E-state index in [0.29, 0.717) is 24.9 Å². The van der Waals surface area contributed by atoms with Crippen molar-refractivity contribution in [3.63, 3.8) is 0 Å². The first-order chi connectivity index (χ1) is 17.6. The van der Waals surface area contributed by atoms with Crippen molar-refractivity contribution < 1.29 is 27.5 Å². The topological polar surface area (TPSA) is 116 Å². The van der Waals surface area contributed by atoms with Gasteiger partial charge < -0.3 is 21.1 Å². The second-order valence-corrected chi connectivity index (χ2v) is 8.74. The molecule has 2 aromatic carbocycles. The van der Waals surface area contributed by atoms with E-state index in [9.17, 15) is 22.8 Å². The van der Waals surface area contributed by atoms with Gasteiger partial charge in [0.1, 0.15) is 34.8 Å². The van der Waals surface area contributed by atoms with E-state index in [0.717, 1.165) is 12.1 Å². The number of benzene rings is 2. The van der Waals surface area contributed by atoms with Gasteiger partial charge in [-0.25, -0.2) is 17.9 Å². The summed E-state index contributed by atoms with van der Waals surface area (Å²) < 4.78 is 47.1. The van der Waals surface area contributed by atoms with Crippen LogP contribution >= 0.6 is 0 Å². The summed E-state index contributed by atoms with van der Waals surface area (Å²) in [6.07, 6.45) is 2.49. The average molecular weight is 514 g/mol. The molecule has 8 nitrogen and oxygen atoms in total. The first-order valence-corrected chi connectivity index (χ1v) is 11.7. The summed E-state index contributed by atoms with van der Waals surface area (Å²) in [5.74, 6) is -2.44. The van der Waals surface area contributed by atoms with E-state index in [2.05, 4.69) is 5.10 Å². The number of nitrogens with two attached hydrogens (primary N) is 2. The number of carbonyl (C=O) groups excluding carboxylic acids is 2. The van der Waals surface area contributed by atoms with Crippen LogP contribution < -0.4 is 16.2 Å². The molecule has 0 saturated carbocycles. The molecule has 4 N–H and O–H groups in total. The van der Waals surface area contributed by atoms with Crippen molar-refractivity contribution in [3.8, 4) is 22.8 Å². The van der Waals surface area contributed by atoms with Gasteiger partial charge in [0.05, 0.1) is 6.04 Å². The van der Waals surface area contributed by atoms with Crippen molar-refractivity contribution in [1.82, 2.24) is 14.7 Å². The van der Waals surface area contributed by atoms with Crippen molar-refractivity contribution in [2.24, 2.45) is 5.73 Å². The minimum Gasteiger partial charge on any atom is -0.454 e. The summed E-state index contributed by atoms with van der Waals surface area (Å²) in [5.41, 5.74) is 12.7. The highest BCUT2D eigenvalue weighted by Crippen LogP contribution is 2.33. The van der Waals surface area contributed by atoms with Crippen molar-refractivity contribution in [3.05, 3.63) is 71.8 Å². The van der Waals surface area contributed by atoms with Crippen LogP contribution in [-0.4, -0.2) is 45.8 Å². The quantitative estimate of drug-likeness (QED) is 0.455. The van der Waals surface area contributed by atoms with Crippen LogP contribution in [0.1, 0.15) is 36.2 Å². The highest BCUT2D eigenvalue weighted by Gasteiger charge is 2.29. The Morgan fingerprint density at radius 3 is 2.57 bits per heavy atom. The third-order valence-corrected chi connectivity index (χ3v) is 6.00. The van der Waals surface area contributed by atoms with Crippen LogP contribution in [0.25, 0.3) is 11.3 Å². The summed E-state index contributed by atoms with van der Waals surface area (Å²) >= 11 is 0. The van der Waals surface area contributed by atoms with Crippen LogP contribution in [0.5, 0.6) is 11.5 Å². The molecule has 0 aliphatic carbocycles. The largest absolute Gasteiger partial charge is 0.454 e. The number of anilines is 1. The maximum atomic E-state index is 13.9. The molecule has 1 unspecified atom stereocenters. The fourth-order valence-corrected chi connectivity index (χ4v) is 4.21. The Bertz CT molecular complexity index is 1340. The smallest absolute Gasteiger partial charge is 0.254 e. The molecule has 3 aromatic rings. The van der Waals surface area contributed by atoms with Gasteiger partial charge in [-0.2, -0.15) is 5.10 Å². The summed E-state index contributed by atoms with van der Waals surface area (Å²) in [6.45, 7) is 2.12. The molecular weight excluding hydrogens is 487 g/mol. The normalized spacial score (nSPS) is 16.6. The maximum absolute atomic E-state index is 13.9. The number of hydrogen-bond donors (Lipinski definition) is 2. The number of nitrogen functional groups attached to an aromatic ring is 1. The molecule has 4 rings (SSSR count). The zero-order chi connectivity index (χ0) is 26.7. The molecular formula is C26H26F3N5O3. The van der Waals surface area contributed by atoms with Crippen LogP contribution in [0.4, 0.5) is 19.0 Å². The van der Waals surface area contributed by atoms with E-state index in [1.54, 1.807) is 17.0 Å². The van der Waals surface area contributed by atoms with Crippen LogP contribution in [0, 0.1) is 11.6 Å². The number of allylic oxidation sites excluding steroid dienone is 1. The molecule has 1 fully saturated rings. The Hall–Kier alpha value is -4.28. The number of hydrogen-bond acceptors (Lipinski definition) is 5. The van der Waals surface area contributed by atoms with Crippen LogP contribution in [-0.2, 0) is 4.79 Å². The predicted octanol–water partition coefficient (Wildman–Crippen LogP) is 4.38. The number of piperidine rings is 1. The zero-order valence-corrected chi connectivity index (χ0v) is 20.0. The molecule has 0 bridgehead atoms. The monoisotopic (exact) mass is 513 g/mol. The fraction of sp³-hybridized carbons (Fsp3) is 0.269. The number of alkyl halides is 1. The highest BCUT2D eigenvalue weighted by atomic mass is 19.1. The molecule has 11 heteroatoms. The van der Waals surface area contributed by atoms with E-state index < -0.39 is 23.7 Å². The minimum atomic E-state index is -1.24. The second-order valence-electron chi connectivity index (χ2n) is 8.74. The van der Waals surface area contributed by atoms with Gasteiger partial charge in [0.25, 0.3) is 5.91 Å². The lowest BCUT2D eigenvalue weighted by Gasteiger charge is -2.32. The Morgan fingerprint density at radius 1 is 1.19 bits per heavy atom. The number of primary amides is 1. The third kappa shape index (κ3) is 5.76. The zero-order valence-electron chi connectivity index (χ0n) is 20.0. The Labute approximate surface area is 211 Å². The highest BCUT2D eigenvalue weighted by molar-refractivity contribution is 6.03. The Morgan fingerprint density at radius 2 is 1.92 bits per heavy atom. The number of nitrogens with zero attached hydrogens (tertiary/aromatic N) is 3. The van der Waals surface area contributed by atoms with Crippen molar-refractivity contribution in [2.45, 2.75) is 32.0 Å². The number of carbonyl (C=O) groups is 2. The van der Waals surface area contributed by atoms with E-state index in [4.69, 9.17) is 16.2 Å². The lowest BCUT2D eigenvalue weighted by molar-refractivity contribution is -0.127. The van der Waals surface area contributed by atoms with Gasteiger partial charge in [0.15, 0.2) is 11.6 Å². The van der Waals surface area contributed by atoms with Gasteiger partial charge >= 0.3 is 0 Å². The molecule has 2 atom stereocenters. The molecule has 194 valence electrons. The van der Waals surface area contributed by atoms with Crippen molar-refractivity contribution in [1.29, 1.82) is 0 Å². The SMILES string of the molecule is CC(F)/C=C/C(=O)N1CCC[C@@H](n2nc(-c3ccc(Oc4ccc(F)cc4F)cc3)c(C(N)=O)c2N)C1. The standard InChI is InChI=1S/C26H26F3N5O3/c1-15(27)4-11-22(35)33-12-2-3-18(14-33)34-25(30)23(26(31)36)24(32-34)16-5-8-19(9-6-16)37-21-10-7-17(28)13-20(21)29/h4-11,13,15,18H,2-3,12,14,30H2,1H3,(H2,31,36)/b11-4+/t15?,18-/m1/s1.